The van der Waals surface area contributed by atoms with E-state index in [1.807, 2.05) is 23.6 Å². The molecule has 3 rings (SSSR count). The molecule has 0 spiro atoms. The summed E-state index contributed by atoms with van der Waals surface area (Å²) in [5, 5.41) is 8.51. The molecule has 1 aromatic carbocycles. The Kier molecular flexibility index (Phi) is 2.97. The summed E-state index contributed by atoms with van der Waals surface area (Å²) in [4.78, 5) is 0. The van der Waals surface area contributed by atoms with Crippen molar-refractivity contribution in [2.75, 3.05) is 5.73 Å². The van der Waals surface area contributed by atoms with Crippen LogP contribution in [0.1, 0.15) is 31.9 Å². The van der Waals surface area contributed by atoms with Crippen molar-refractivity contribution in [3.63, 3.8) is 0 Å². The van der Waals surface area contributed by atoms with Crippen LogP contribution >= 0.6 is 0 Å². The molecule has 0 aliphatic heterocycles. The maximum absolute atomic E-state index is 6.07. The first kappa shape index (κ1) is 13.6. The van der Waals surface area contributed by atoms with E-state index in [9.17, 15) is 0 Å². The van der Waals surface area contributed by atoms with Crippen LogP contribution in [0.15, 0.2) is 36.5 Å². The van der Waals surface area contributed by atoms with Crippen LogP contribution in [-0.4, -0.2) is 14.6 Å². The number of fused-ring (bicyclic) bond motifs is 1. The fourth-order valence-corrected chi connectivity index (χ4v) is 2.38. The first-order valence-electron chi connectivity index (χ1n) is 7.08. The third-order valence-corrected chi connectivity index (χ3v) is 3.84. The monoisotopic (exact) mass is 280 g/mol. The van der Waals surface area contributed by atoms with E-state index in [0.29, 0.717) is 11.3 Å². The van der Waals surface area contributed by atoms with Crippen molar-refractivity contribution in [2.24, 2.45) is 0 Å². The van der Waals surface area contributed by atoms with Crippen LogP contribution in [-0.2, 0) is 5.41 Å². The second kappa shape index (κ2) is 4.58. The molecule has 4 heteroatoms. The van der Waals surface area contributed by atoms with Crippen LogP contribution in [0.5, 0.6) is 0 Å². The van der Waals surface area contributed by atoms with Crippen LogP contribution in [0.2, 0.25) is 0 Å². The number of nitrogen functional groups attached to an aromatic ring is 1. The normalized spacial score (nSPS) is 12.0. The van der Waals surface area contributed by atoms with Gasteiger partial charge in [-0.05, 0) is 29.5 Å². The van der Waals surface area contributed by atoms with E-state index < -0.39 is 0 Å². The fraction of sp³-hybridized carbons (Fsp3) is 0.294. The molecule has 2 aromatic heterocycles. The highest BCUT2D eigenvalue weighted by Crippen LogP contribution is 2.27. The van der Waals surface area contributed by atoms with Crippen molar-refractivity contribution in [2.45, 2.75) is 33.1 Å². The third kappa shape index (κ3) is 2.27. The van der Waals surface area contributed by atoms with Crippen molar-refractivity contribution < 1.29 is 0 Å². The molecule has 0 radical (unpaired) electrons. The van der Waals surface area contributed by atoms with Crippen molar-refractivity contribution >= 4 is 11.3 Å². The molecule has 0 bridgehead atoms. The summed E-state index contributed by atoms with van der Waals surface area (Å²) >= 11 is 0. The lowest BCUT2D eigenvalue weighted by molar-refractivity contribution is 0.590. The minimum atomic E-state index is 0.146. The summed E-state index contributed by atoms with van der Waals surface area (Å²) in [6.45, 7) is 8.59. The summed E-state index contributed by atoms with van der Waals surface area (Å²) in [7, 11) is 0. The number of hydrogen-bond donors (Lipinski definition) is 1. The summed E-state index contributed by atoms with van der Waals surface area (Å²) in [6, 6.07) is 10.5. The molecule has 0 fully saturated rings. The topological polar surface area (TPSA) is 56.2 Å². The SMILES string of the molecule is Cc1ccn2c(-c3ccc(C(C)(C)C)cc3)nnc2c1N. The average molecular weight is 280 g/mol. The molecule has 0 saturated carbocycles. The molecule has 0 aliphatic carbocycles. The standard InChI is InChI=1S/C17H20N4/c1-11-9-10-21-15(19-20-16(21)14(11)18)12-5-7-13(8-6-12)17(2,3)4/h5-10H,18H2,1-4H3. The number of aryl methyl sites for hydroxylation is 1. The highest BCUT2D eigenvalue weighted by atomic mass is 15.2. The summed E-state index contributed by atoms with van der Waals surface area (Å²) in [5.41, 5.74) is 11.0. The smallest absolute Gasteiger partial charge is 0.184 e. The molecule has 0 saturated heterocycles. The Bertz CT molecular complexity index is 792. The van der Waals surface area contributed by atoms with Crippen molar-refractivity contribution in [1.29, 1.82) is 0 Å². The largest absolute Gasteiger partial charge is 0.395 e. The molecule has 3 aromatic rings. The van der Waals surface area contributed by atoms with Gasteiger partial charge in [0.15, 0.2) is 11.5 Å². The number of hydrogen-bond acceptors (Lipinski definition) is 3. The second-order valence-corrected chi connectivity index (χ2v) is 6.46. The van der Waals surface area contributed by atoms with Crippen LogP contribution in [0.4, 0.5) is 5.69 Å². The van der Waals surface area contributed by atoms with Gasteiger partial charge in [-0.25, -0.2) is 0 Å². The lowest BCUT2D eigenvalue weighted by atomic mass is 9.87. The number of nitrogens with zero attached hydrogens (tertiary/aromatic N) is 3. The minimum Gasteiger partial charge on any atom is -0.395 e. The van der Waals surface area contributed by atoms with Gasteiger partial charge in [0, 0.05) is 11.8 Å². The fourth-order valence-electron chi connectivity index (χ4n) is 2.38. The Morgan fingerprint density at radius 2 is 1.67 bits per heavy atom. The van der Waals surface area contributed by atoms with E-state index in [4.69, 9.17) is 5.73 Å². The highest BCUT2D eigenvalue weighted by molar-refractivity contribution is 5.71. The molecule has 4 nitrogen and oxygen atoms in total. The van der Waals surface area contributed by atoms with Gasteiger partial charge in [-0.2, -0.15) is 0 Å². The number of nitrogens with two attached hydrogens (primary N) is 1. The average Bonchev–Trinajstić information content (AvgIpc) is 2.87. The summed E-state index contributed by atoms with van der Waals surface area (Å²) in [6.07, 6.45) is 1.97. The zero-order valence-corrected chi connectivity index (χ0v) is 12.9. The van der Waals surface area contributed by atoms with E-state index in [1.165, 1.54) is 5.56 Å². The Hall–Kier alpha value is -2.36. The maximum atomic E-state index is 6.07. The van der Waals surface area contributed by atoms with Crippen molar-refractivity contribution in [3.8, 4) is 11.4 Å². The van der Waals surface area contributed by atoms with Gasteiger partial charge in [0.05, 0.1) is 5.69 Å². The van der Waals surface area contributed by atoms with E-state index in [-0.39, 0.29) is 5.41 Å². The summed E-state index contributed by atoms with van der Waals surface area (Å²) in [5.74, 6) is 0.817. The molecular formula is C17H20N4. The molecule has 2 heterocycles. The highest BCUT2D eigenvalue weighted by Gasteiger charge is 2.15. The molecule has 0 atom stereocenters. The zero-order valence-electron chi connectivity index (χ0n) is 12.9. The van der Waals surface area contributed by atoms with E-state index in [1.54, 1.807) is 0 Å². The third-order valence-electron chi connectivity index (χ3n) is 3.84. The number of anilines is 1. The molecule has 21 heavy (non-hydrogen) atoms. The van der Waals surface area contributed by atoms with Crippen LogP contribution in [0.3, 0.4) is 0 Å². The van der Waals surface area contributed by atoms with Gasteiger partial charge in [0.25, 0.3) is 0 Å². The first-order chi connectivity index (χ1) is 9.88. The molecule has 0 unspecified atom stereocenters. The van der Waals surface area contributed by atoms with Gasteiger partial charge in [0.2, 0.25) is 0 Å². The first-order valence-corrected chi connectivity index (χ1v) is 7.08. The number of rotatable bonds is 1. The van der Waals surface area contributed by atoms with Crippen LogP contribution in [0.25, 0.3) is 17.0 Å². The van der Waals surface area contributed by atoms with Crippen molar-refractivity contribution in [3.05, 3.63) is 47.7 Å². The Morgan fingerprint density at radius 1 is 1.00 bits per heavy atom. The van der Waals surface area contributed by atoms with E-state index in [2.05, 4.69) is 55.2 Å². The Balaban J connectivity index is 2.11. The molecular weight excluding hydrogens is 260 g/mol. The summed E-state index contributed by atoms with van der Waals surface area (Å²) < 4.78 is 1.94. The van der Waals surface area contributed by atoms with E-state index >= 15 is 0 Å². The van der Waals surface area contributed by atoms with Gasteiger partial charge < -0.3 is 5.73 Å². The van der Waals surface area contributed by atoms with Crippen molar-refractivity contribution in [1.82, 2.24) is 14.6 Å². The zero-order chi connectivity index (χ0) is 15.2. The predicted octanol–water partition coefficient (Wildman–Crippen LogP) is 3.58. The van der Waals surface area contributed by atoms with Crippen LogP contribution in [0, 0.1) is 6.92 Å². The van der Waals surface area contributed by atoms with Crippen LogP contribution < -0.4 is 5.73 Å². The molecule has 0 aliphatic rings. The molecule has 2 N–H and O–H groups in total. The molecule has 0 amide bonds. The van der Waals surface area contributed by atoms with Gasteiger partial charge in [-0.3, -0.25) is 4.40 Å². The predicted molar refractivity (Wildman–Crippen MR) is 86.3 cm³/mol. The van der Waals surface area contributed by atoms with Gasteiger partial charge in [-0.1, -0.05) is 45.0 Å². The van der Waals surface area contributed by atoms with Gasteiger partial charge in [0.1, 0.15) is 0 Å². The maximum Gasteiger partial charge on any atom is 0.184 e. The van der Waals surface area contributed by atoms with Gasteiger partial charge in [-0.15, -0.1) is 10.2 Å². The lowest BCUT2D eigenvalue weighted by Crippen LogP contribution is -2.10. The number of aromatic nitrogens is 3. The number of benzene rings is 1. The lowest BCUT2D eigenvalue weighted by Gasteiger charge is -2.18. The quantitative estimate of drug-likeness (QED) is 0.741. The number of pyridine rings is 1. The Morgan fingerprint density at radius 3 is 2.29 bits per heavy atom. The molecule has 108 valence electrons. The minimum absolute atomic E-state index is 0.146. The van der Waals surface area contributed by atoms with E-state index in [0.717, 1.165) is 17.0 Å². The Labute approximate surface area is 124 Å². The second-order valence-electron chi connectivity index (χ2n) is 6.46. The van der Waals surface area contributed by atoms with Gasteiger partial charge >= 0.3 is 0 Å².